The third-order valence-electron chi connectivity index (χ3n) is 5.16. The van der Waals surface area contributed by atoms with Gasteiger partial charge < -0.3 is 19.7 Å². The van der Waals surface area contributed by atoms with Gasteiger partial charge >= 0.3 is 0 Å². The fourth-order valence-corrected chi connectivity index (χ4v) is 3.68. The van der Waals surface area contributed by atoms with Gasteiger partial charge in [0.05, 0.1) is 24.3 Å². The predicted molar refractivity (Wildman–Crippen MR) is 116 cm³/mol. The van der Waals surface area contributed by atoms with Crippen molar-refractivity contribution >= 4 is 23.4 Å². The number of piperidine rings is 1. The summed E-state index contributed by atoms with van der Waals surface area (Å²) in [6.07, 6.45) is 2.54. The van der Waals surface area contributed by atoms with Gasteiger partial charge in [-0.1, -0.05) is 35.9 Å². The molecule has 6 nitrogen and oxygen atoms in total. The van der Waals surface area contributed by atoms with Crippen molar-refractivity contribution in [3.05, 3.63) is 59.1 Å². The second kappa shape index (κ2) is 10.9. The van der Waals surface area contributed by atoms with Crippen LogP contribution in [0.15, 0.2) is 48.5 Å². The van der Waals surface area contributed by atoms with Crippen LogP contribution in [0, 0.1) is 0 Å². The van der Waals surface area contributed by atoms with Gasteiger partial charge in [0, 0.05) is 25.6 Å². The molecule has 160 valence electrons. The third kappa shape index (κ3) is 5.89. The monoisotopic (exact) mass is 430 g/mol. The third-order valence-corrected chi connectivity index (χ3v) is 5.48. The molecule has 1 aliphatic heterocycles. The summed E-state index contributed by atoms with van der Waals surface area (Å²) in [7, 11) is 1.55. The molecule has 0 atom stereocenters. The second-order valence-corrected chi connectivity index (χ2v) is 7.62. The molecule has 0 spiro atoms. The summed E-state index contributed by atoms with van der Waals surface area (Å²) in [5.74, 6) is 1.17. The van der Waals surface area contributed by atoms with Gasteiger partial charge in [-0.25, -0.2) is 0 Å². The molecule has 1 saturated heterocycles. The van der Waals surface area contributed by atoms with Crippen LogP contribution >= 0.6 is 11.6 Å². The number of nitrogens with one attached hydrogen (secondary N) is 1. The number of amides is 2. The van der Waals surface area contributed by atoms with Crippen LogP contribution in [0.5, 0.6) is 11.5 Å². The van der Waals surface area contributed by atoms with Gasteiger partial charge in [-0.15, -0.1) is 0 Å². The molecule has 0 radical (unpaired) electrons. The van der Waals surface area contributed by atoms with Crippen molar-refractivity contribution in [2.45, 2.75) is 31.7 Å². The zero-order valence-corrected chi connectivity index (χ0v) is 17.9. The Kier molecular flexibility index (Phi) is 7.97. The Hall–Kier alpha value is -2.73. The highest BCUT2D eigenvalue weighted by atomic mass is 35.5. The molecule has 7 heteroatoms. The Morgan fingerprint density at radius 2 is 1.73 bits per heavy atom. The van der Waals surface area contributed by atoms with Gasteiger partial charge in [-0.05, 0) is 43.5 Å². The zero-order valence-electron chi connectivity index (χ0n) is 17.1. The van der Waals surface area contributed by atoms with Crippen molar-refractivity contribution in [2.75, 3.05) is 26.8 Å². The Morgan fingerprint density at radius 1 is 1.07 bits per heavy atom. The van der Waals surface area contributed by atoms with E-state index in [-0.39, 0.29) is 17.9 Å². The predicted octanol–water partition coefficient (Wildman–Crippen LogP) is 3.93. The number of carbonyl (C=O) groups is 2. The molecule has 1 N–H and O–H groups in total. The van der Waals surface area contributed by atoms with Gasteiger partial charge in [0.15, 0.2) is 0 Å². The summed E-state index contributed by atoms with van der Waals surface area (Å²) in [5, 5.41) is 3.63. The lowest BCUT2D eigenvalue weighted by Gasteiger charge is -2.32. The maximum Gasteiger partial charge on any atom is 0.255 e. The van der Waals surface area contributed by atoms with Crippen molar-refractivity contribution in [3.63, 3.8) is 0 Å². The number of benzene rings is 2. The molecule has 2 amide bonds. The van der Waals surface area contributed by atoms with Crippen LogP contribution in [0.2, 0.25) is 5.02 Å². The van der Waals surface area contributed by atoms with Crippen molar-refractivity contribution < 1.29 is 19.1 Å². The average Bonchev–Trinajstić information content (AvgIpc) is 2.78. The zero-order chi connectivity index (χ0) is 21.3. The lowest BCUT2D eigenvalue weighted by atomic mass is 10.0. The number of hydrogen-bond donors (Lipinski definition) is 1. The van der Waals surface area contributed by atoms with E-state index in [0.29, 0.717) is 54.6 Å². The van der Waals surface area contributed by atoms with Crippen LogP contribution in [-0.2, 0) is 4.79 Å². The molecule has 0 aliphatic carbocycles. The van der Waals surface area contributed by atoms with E-state index in [1.165, 1.54) is 0 Å². The van der Waals surface area contributed by atoms with Gasteiger partial charge in [-0.3, -0.25) is 9.59 Å². The minimum atomic E-state index is -0.144. The Labute approximate surface area is 182 Å². The highest BCUT2D eigenvalue weighted by Gasteiger charge is 2.24. The molecule has 2 aromatic carbocycles. The van der Waals surface area contributed by atoms with Crippen molar-refractivity contribution in [1.82, 2.24) is 10.2 Å². The van der Waals surface area contributed by atoms with Crippen LogP contribution in [0.25, 0.3) is 0 Å². The smallest absolute Gasteiger partial charge is 0.255 e. The first-order valence-corrected chi connectivity index (χ1v) is 10.5. The van der Waals surface area contributed by atoms with E-state index in [1.54, 1.807) is 25.3 Å². The van der Waals surface area contributed by atoms with Crippen molar-refractivity contribution in [1.29, 1.82) is 0 Å². The minimum absolute atomic E-state index is 0.0509. The number of halogens is 1. The highest BCUT2D eigenvalue weighted by Crippen LogP contribution is 2.23. The summed E-state index contributed by atoms with van der Waals surface area (Å²) in [6.45, 7) is 1.73. The number of nitrogens with zero attached hydrogens (tertiary/aromatic N) is 1. The molecular weight excluding hydrogens is 404 g/mol. The fraction of sp³-hybridized carbons (Fsp3) is 0.391. The molecule has 1 aliphatic rings. The van der Waals surface area contributed by atoms with E-state index in [2.05, 4.69) is 5.32 Å². The van der Waals surface area contributed by atoms with Crippen molar-refractivity contribution in [2.24, 2.45) is 0 Å². The fourth-order valence-electron chi connectivity index (χ4n) is 3.49. The van der Waals surface area contributed by atoms with Crippen LogP contribution in [0.3, 0.4) is 0 Å². The molecule has 0 saturated carbocycles. The molecule has 3 rings (SSSR count). The largest absolute Gasteiger partial charge is 0.496 e. The van der Waals surface area contributed by atoms with Crippen LogP contribution in [0.1, 0.15) is 36.0 Å². The topological polar surface area (TPSA) is 67.9 Å². The lowest BCUT2D eigenvalue weighted by molar-refractivity contribution is -0.132. The van der Waals surface area contributed by atoms with E-state index >= 15 is 0 Å². The van der Waals surface area contributed by atoms with E-state index < -0.39 is 0 Å². The van der Waals surface area contributed by atoms with Gasteiger partial charge in [-0.2, -0.15) is 0 Å². The first-order chi connectivity index (χ1) is 14.6. The lowest BCUT2D eigenvalue weighted by Crippen LogP contribution is -2.46. The summed E-state index contributed by atoms with van der Waals surface area (Å²) in [6, 6.07) is 14.5. The molecule has 0 bridgehead atoms. The van der Waals surface area contributed by atoms with Crippen LogP contribution in [0.4, 0.5) is 0 Å². The number of carbonyl (C=O) groups excluding carboxylic acids is 2. The number of methoxy groups -OCH3 is 1. The number of ether oxygens (including phenoxy) is 2. The molecule has 1 heterocycles. The number of rotatable bonds is 8. The quantitative estimate of drug-likeness (QED) is 0.644. The Morgan fingerprint density at radius 3 is 2.43 bits per heavy atom. The maximum absolute atomic E-state index is 12.5. The molecule has 2 aromatic rings. The summed E-state index contributed by atoms with van der Waals surface area (Å²) >= 11 is 6.06. The Bertz CT molecular complexity index is 866. The summed E-state index contributed by atoms with van der Waals surface area (Å²) < 4.78 is 10.9. The minimum Gasteiger partial charge on any atom is -0.496 e. The highest BCUT2D eigenvalue weighted by molar-refractivity contribution is 6.32. The SMILES string of the molecule is COc1ccccc1C(=O)NC1CCN(C(=O)CCCOc2ccccc2Cl)CC1. The molecule has 0 aromatic heterocycles. The van der Waals surface area contributed by atoms with E-state index in [9.17, 15) is 9.59 Å². The van der Waals surface area contributed by atoms with Crippen LogP contribution in [-0.4, -0.2) is 49.6 Å². The standard InChI is InChI=1S/C23H27ClN2O4/c1-29-20-9-4-2-7-18(20)23(28)25-17-12-14-26(15-13-17)22(27)11-6-16-30-21-10-5-3-8-19(21)24/h2-5,7-10,17H,6,11-16H2,1H3,(H,25,28). The number of hydrogen-bond acceptors (Lipinski definition) is 4. The molecule has 0 unspecified atom stereocenters. The Balaban J connectivity index is 1.38. The van der Waals surface area contributed by atoms with E-state index in [1.807, 2.05) is 35.2 Å². The second-order valence-electron chi connectivity index (χ2n) is 7.21. The average molecular weight is 431 g/mol. The van der Waals surface area contributed by atoms with E-state index in [0.717, 1.165) is 12.8 Å². The first kappa shape index (κ1) is 22.0. The first-order valence-electron chi connectivity index (χ1n) is 10.2. The summed E-state index contributed by atoms with van der Waals surface area (Å²) in [5.41, 5.74) is 0.525. The molecule has 1 fully saturated rings. The van der Waals surface area contributed by atoms with Gasteiger partial charge in [0.2, 0.25) is 5.91 Å². The molecule has 30 heavy (non-hydrogen) atoms. The van der Waals surface area contributed by atoms with Gasteiger partial charge in [0.25, 0.3) is 5.91 Å². The normalized spacial score (nSPS) is 14.3. The van der Waals surface area contributed by atoms with Crippen LogP contribution < -0.4 is 14.8 Å². The summed E-state index contributed by atoms with van der Waals surface area (Å²) in [4.78, 5) is 26.8. The molecular formula is C23H27ClN2O4. The van der Waals surface area contributed by atoms with Crippen molar-refractivity contribution in [3.8, 4) is 11.5 Å². The maximum atomic E-state index is 12.5. The number of likely N-dealkylation sites (tertiary alicyclic amines) is 1. The van der Waals surface area contributed by atoms with Gasteiger partial charge in [0.1, 0.15) is 11.5 Å². The van der Waals surface area contributed by atoms with E-state index in [4.69, 9.17) is 21.1 Å². The number of para-hydroxylation sites is 2.